The number of phenols is 1. The van der Waals surface area contributed by atoms with E-state index in [1.165, 1.54) is 38.6 Å². The first-order valence-corrected chi connectivity index (χ1v) is 25.8. The van der Waals surface area contributed by atoms with E-state index < -0.39 is 89.6 Å². The van der Waals surface area contributed by atoms with Crippen molar-refractivity contribution < 1.29 is 43.8 Å². The Morgan fingerprint density at radius 3 is 1.91 bits per heavy atom. The molecule has 1 aliphatic rings. The molecule has 25 heteroatoms. The summed E-state index contributed by atoms with van der Waals surface area (Å²) in [6, 6.07) is -2.06. The van der Waals surface area contributed by atoms with E-state index in [0.717, 1.165) is 0 Å². The van der Waals surface area contributed by atoms with Gasteiger partial charge in [-0.1, -0.05) is 67.8 Å². The Hall–Kier alpha value is -5.53. The number of aliphatic imine (C=N–C) groups is 2. The monoisotopic (exact) mass is 1010 g/mol. The predicted molar refractivity (Wildman–Crippen MR) is 269 cm³/mol. The molecule has 388 valence electrons. The number of hydrogen-bond donors (Lipinski definition) is 13. The first-order valence-electron chi connectivity index (χ1n) is 23.3. The van der Waals surface area contributed by atoms with Gasteiger partial charge in [-0.25, -0.2) is 4.79 Å². The van der Waals surface area contributed by atoms with Gasteiger partial charge < -0.3 is 76.1 Å². The van der Waals surface area contributed by atoms with Crippen LogP contribution in [0.4, 0.5) is 0 Å². The maximum Gasteiger partial charge on any atom is 0.326 e. The molecule has 23 nitrogen and oxygen atoms in total. The molecule has 1 aliphatic heterocycles. The van der Waals surface area contributed by atoms with Gasteiger partial charge in [0, 0.05) is 44.1 Å². The number of amides is 6. The standard InChI is InChI=1S/C44H76N14O9S2/c1-5-26(4)35(40(64)56-32(23-25(2)3)37(61)54-31(42(66)67)16-21-68-69-22-17-45)57-38(62)33(24-27-12-14-28(59)15-13-27)55-39(63)34-11-8-20-58(34)41(65)30(10-7-19-52-44(49)50)53-36(60)29(46)9-6-18-51-43(47)48/h12-15,25-26,29-35,59H,5-11,16-24,45-46H2,1-4H3,(H,53,60)(H,54,61)(H,55,63)(H,56,64)(H,57,62)(H,66,67)(H4,47,48,51)(H4,49,50,52)/t26-,29-,30-,31+,32-,33-,34-,35-/m0/s1. The average Bonchev–Trinajstić information content (AvgIpc) is 3.79. The van der Waals surface area contributed by atoms with Gasteiger partial charge in [0.25, 0.3) is 0 Å². The number of carbonyl (C=O) groups is 7. The molecule has 1 fully saturated rings. The molecule has 1 heterocycles. The summed E-state index contributed by atoms with van der Waals surface area (Å²) in [6.07, 6.45) is 2.29. The summed E-state index contributed by atoms with van der Waals surface area (Å²) in [7, 11) is 2.94. The number of nitrogens with one attached hydrogen (secondary N) is 5. The van der Waals surface area contributed by atoms with Crippen molar-refractivity contribution in [3.63, 3.8) is 0 Å². The SMILES string of the molecule is CC[C@H](C)[C@H](NC(=O)[C@H](Cc1ccc(O)cc1)NC(=O)[C@@H]1CCCN1C(=O)[C@H](CCCN=C(N)N)NC(=O)[C@@H](N)CCCN=C(N)N)C(=O)N[C@@H](CC(C)C)C(=O)N[C@H](CCSSCCN)C(=O)O. The Morgan fingerprint density at radius 2 is 1.33 bits per heavy atom. The van der Waals surface area contributed by atoms with Crippen molar-refractivity contribution in [3.05, 3.63) is 29.8 Å². The van der Waals surface area contributed by atoms with Crippen molar-refractivity contribution in [2.24, 2.45) is 56.2 Å². The molecule has 1 aromatic carbocycles. The molecule has 0 saturated carbocycles. The third kappa shape index (κ3) is 22.2. The van der Waals surface area contributed by atoms with E-state index in [0.29, 0.717) is 49.3 Å². The highest BCUT2D eigenvalue weighted by Gasteiger charge is 2.40. The molecular formula is C44H76N14O9S2. The lowest BCUT2D eigenvalue weighted by atomic mass is 9.95. The minimum Gasteiger partial charge on any atom is -0.508 e. The quantitative estimate of drug-likeness (QED) is 0.0172. The van der Waals surface area contributed by atoms with E-state index in [-0.39, 0.29) is 81.7 Å². The van der Waals surface area contributed by atoms with Gasteiger partial charge in [0.2, 0.25) is 35.4 Å². The van der Waals surface area contributed by atoms with Crippen LogP contribution in [0.3, 0.4) is 0 Å². The molecule has 0 aliphatic carbocycles. The van der Waals surface area contributed by atoms with Crippen molar-refractivity contribution in [1.29, 1.82) is 0 Å². The molecule has 1 aromatic rings. The van der Waals surface area contributed by atoms with Crippen molar-refractivity contribution >= 4 is 74.9 Å². The molecule has 8 atom stereocenters. The second-order valence-corrected chi connectivity index (χ2v) is 20.1. The number of carboxylic acid groups (broad SMARTS) is 1. The molecular weight excluding hydrogens is 933 g/mol. The third-order valence-electron chi connectivity index (χ3n) is 11.2. The molecule has 0 radical (unpaired) electrons. The van der Waals surface area contributed by atoms with E-state index in [9.17, 15) is 43.8 Å². The molecule has 0 spiro atoms. The lowest BCUT2D eigenvalue weighted by Gasteiger charge is -2.31. The van der Waals surface area contributed by atoms with Gasteiger partial charge in [0.15, 0.2) is 11.9 Å². The summed E-state index contributed by atoms with van der Waals surface area (Å²) in [4.78, 5) is 105. The highest BCUT2D eigenvalue weighted by Crippen LogP contribution is 2.23. The van der Waals surface area contributed by atoms with Crippen LogP contribution in [-0.4, -0.2) is 148 Å². The number of rotatable bonds is 32. The maximum absolute atomic E-state index is 14.4. The molecule has 1 saturated heterocycles. The van der Waals surface area contributed by atoms with Crippen molar-refractivity contribution in [3.8, 4) is 5.75 Å². The largest absolute Gasteiger partial charge is 0.508 e. The molecule has 0 unspecified atom stereocenters. The van der Waals surface area contributed by atoms with E-state index in [4.69, 9.17) is 34.4 Å². The fraction of sp³-hybridized carbons (Fsp3) is 0.659. The third-order valence-corrected chi connectivity index (χ3v) is 13.7. The molecule has 0 bridgehead atoms. The van der Waals surface area contributed by atoms with Crippen LogP contribution in [-0.2, 0) is 40.0 Å². The van der Waals surface area contributed by atoms with Gasteiger partial charge in [0.1, 0.15) is 42.0 Å². The molecule has 6 amide bonds. The van der Waals surface area contributed by atoms with Crippen LogP contribution in [0.2, 0.25) is 0 Å². The lowest BCUT2D eigenvalue weighted by molar-refractivity contribution is -0.143. The molecule has 19 N–H and O–H groups in total. The zero-order valence-electron chi connectivity index (χ0n) is 40.2. The summed E-state index contributed by atoms with van der Waals surface area (Å²) in [6.45, 7) is 8.29. The zero-order chi connectivity index (χ0) is 51.6. The van der Waals surface area contributed by atoms with Crippen LogP contribution in [0, 0.1) is 11.8 Å². The number of carboxylic acids is 1. The predicted octanol–water partition coefficient (Wildman–Crippen LogP) is -1.31. The second-order valence-electron chi connectivity index (χ2n) is 17.4. The fourth-order valence-corrected chi connectivity index (χ4v) is 9.27. The number of nitrogens with zero attached hydrogens (tertiary/aromatic N) is 3. The van der Waals surface area contributed by atoms with Gasteiger partial charge in [0.05, 0.1) is 6.04 Å². The van der Waals surface area contributed by atoms with E-state index in [1.807, 2.05) is 20.8 Å². The highest BCUT2D eigenvalue weighted by atomic mass is 33.1. The molecule has 69 heavy (non-hydrogen) atoms. The maximum atomic E-state index is 14.4. The van der Waals surface area contributed by atoms with Crippen LogP contribution < -0.4 is 61.0 Å². The number of guanidine groups is 2. The van der Waals surface area contributed by atoms with E-state index in [1.54, 1.807) is 19.1 Å². The smallest absolute Gasteiger partial charge is 0.326 e. The topological polar surface area (TPSA) is 404 Å². The van der Waals surface area contributed by atoms with Gasteiger partial charge in [-0.15, -0.1) is 0 Å². The van der Waals surface area contributed by atoms with Crippen LogP contribution in [0.5, 0.6) is 5.75 Å². The van der Waals surface area contributed by atoms with Gasteiger partial charge >= 0.3 is 5.97 Å². The number of aliphatic carboxylic acids is 1. The van der Waals surface area contributed by atoms with Crippen molar-refractivity contribution in [1.82, 2.24) is 31.5 Å². The zero-order valence-corrected chi connectivity index (χ0v) is 41.8. The minimum absolute atomic E-state index is 0.0284. The number of likely N-dealkylation sites (tertiary alicyclic amines) is 1. The summed E-state index contributed by atoms with van der Waals surface area (Å²) in [5.74, 6) is -4.91. The minimum atomic E-state index is -1.31. The normalized spacial score (nSPS) is 16.4. The number of nitrogens with two attached hydrogens (primary N) is 6. The van der Waals surface area contributed by atoms with E-state index >= 15 is 0 Å². The first-order chi connectivity index (χ1) is 32.7. The van der Waals surface area contributed by atoms with Gasteiger partial charge in [-0.2, -0.15) is 0 Å². The van der Waals surface area contributed by atoms with E-state index in [2.05, 4.69) is 36.6 Å². The lowest BCUT2D eigenvalue weighted by Crippen LogP contribution is -2.61. The summed E-state index contributed by atoms with van der Waals surface area (Å²) < 4.78 is 0. The fourth-order valence-electron chi connectivity index (χ4n) is 7.32. The van der Waals surface area contributed by atoms with Crippen LogP contribution in [0.25, 0.3) is 0 Å². The average molecular weight is 1010 g/mol. The van der Waals surface area contributed by atoms with Crippen LogP contribution in [0.1, 0.15) is 91.0 Å². The molecule has 2 rings (SSSR count). The Labute approximate surface area is 412 Å². The number of benzene rings is 1. The first kappa shape index (κ1) is 59.6. The highest BCUT2D eigenvalue weighted by molar-refractivity contribution is 8.76. The molecule has 0 aromatic heterocycles. The Kier molecular flexibility index (Phi) is 27.3. The van der Waals surface area contributed by atoms with Crippen molar-refractivity contribution in [2.45, 2.75) is 134 Å². The number of hydrogen-bond acceptors (Lipinski definition) is 14. The summed E-state index contributed by atoms with van der Waals surface area (Å²) in [5.41, 5.74) is 34.0. The van der Waals surface area contributed by atoms with Gasteiger partial charge in [-0.05, 0) is 80.9 Å². The Bertz CT molecular complexity index is 1890. The number of phenolic OH excluding ortho intramolecular Hbond substituents is 1. The Balaban J connectivity index is 2.39. The Morgan fingerprint density at radius 1 is 0.754 bits per heavy atom. The summed E-state index contributed by atoms with van der Waals surface area (Å²) >= 11 is 0. The van der Waals surface area contributed by atoms with Gasteiger partial charge in [-0.3, -0.25) is 38.8 Å². The van der Waals surface area contributed by atoms with Crippen molar-refractivity contribution in [2.75, 3.05) is 37.7 Å². The van der Waals surface area contributed by atoms with Crippen LogP contribution in [0.15, 0.2) is 34.3 Å². The summed E-state index contributed by atoms with van der Waals surface area (Å²) in [5, 5.41) is 33.5. The second kappa shape index (κ2) is 31.6. The number of aromatic hydroxyl groups is 1. The van der Waals surface area contributed by atoms with Crippen LogP contribution >= 0.6 is 21.6 Å². The number of carbonyl (C=O) groups excluding carboxylic acids is 6.